The first-order valence-corrected chi connectivity index (χ1v) is 7.68. The minimum atomic E-state index is 0.815. The van der Waals surface area contributed by atoms with Crippen molar-refractivity contribution >= 4 is 0 Å². The van der Waals surface area contributed by atoms with Gasteiger partial charge in [-0.2, -0.15) is 0 Å². The fourth-order valence-corrected chi connectivity index (χ4v) is 3.74. The molecule has 0 spiro atoms. The summed E-state index contributed by atoms with van der Waals surface area (Å²) in [4.78, 5) is 2.71. The molecule has 0 amide bonds. The lowest BCUT2D eigenvalue weighted by Gasteiger charge is -2.30. The predicted octanol–water partition coefficient (Wildman–Crippen LogP) is 4.21. The Morgan fingerprint density at radius 3 is 2.44 bits per heavy atom. The molecule has 0 radical (unpaired) electrons. The molecule has 1 heterocycles. The predicted molar refractivity (Wildman–Crippen MR) is 73.3 cm³/mol. The molecular formula is C16H25NO. The van der Waals surface area contributed by atoms with E-state index in [1.54, 1.807) is 6.26 Å². The van der Waals surface area contributed by atoms with Crippen LogP contribution in [0.2, 0.25) is 0 Å². The van der Waals surface area contributed by atoms with Crippen LogP contribution in [0.15, 0.2) is 22.8 Å². The van der Waals surface area contributed by atoms with E-state index in [0.29, 0.717) is 0 Å². The zero-order chi connectivity index (χ0) is 12.2. The Morgan fingerprint density at radius 1 is 1.06 bits per heavy atom. The second-order valence-corrected chi connectivity index (χ2v) is 6.10. The second kappa shape index (κ2) is 5.92. The summed E-state index contributed by atoms with van der Waals surface area (Å²) in [6.45, 7) is 2.32. The van der Waals surface area contributed by atoms with E-state index in [-0.39, 0.29) is 0 Å². The van der Waals surface area contributed by atoms with Crippen LogP contribution in [-0.4, -0.2) is 17.5 Å². The van der Waals surface area contributed by atoms with Gasteiger partial charge in [0.15, 0.2) is 0 Å². The lowest BCUT2D eigenvalue weighted by Crippen LogP contribution is -2.36. The average molecular weight is 247 g/mol. The Bertz CT molecular complexity index is 334. The van der Waals surface area contributed by atoms with E-state index >= 15 is 0 Å². The van der Waals surface area contributed by atoms with Crippen molar-refractivity contribution in [1.82, 2.24) is 4.90 Å². The van der Waals surface area contributed by atoms with Gasteiger partial charge in [0.05, 0.1) is 12.8 Å². The van der Waals surface area contributed by atoms with Crippen LogP contribution >= 0.6 is 0 Å². The SMILES string of the molecule is c1coc(CN(CC2CCCC2)C2CCCC2)c1. The maximum Gasteiger partial charge on any atom is 0.117 e. The van der Waals surface area contributed by atoms with Crippen LogP contribution in [0.3, 0.4) is 0 Å². The number of hydrogen-bond donors (Lipinski definition) is 0. The van der Waals surface area contributed by atoms with E-state index in [4.69, 9.17) is 4.42 Å². The van der Waals surface area contributed by atoms with Crippen LogP contribution in [0, 0.1) is 5.92 Å². The highest BCUT2D eigenvalue weighted by Gasteiger charge is 2.26. The van der Waals surface area contributed by atoms with Crippen molar-refractivity contribution in [2.24, 2.45) is 5.92 Å². The third kappa shape index (κ3) is 2.97. The highest BCUT2D eigenvalue weighted by atomic mass is 16.3. The fourth-order valence-electron chi connectivity index (χ4n) is 3.74. The normalized spacial score (nSPS) is 22.3. The van der Waals surface area contributed by atoms with E-state index < -0.39 is 0 Å². The van der Waals surface area contributed by atoms with E-state index in [0.717, 1.165) is 24.3 Å². The van der Waals surface area contributed by atoms with Crippen LogP contribution in [0.4, 0.5) is 0 Å². The highest BCUT2D eigenvalue weighted by Crippen LogP contribution is 2.30. The molecule has 100 valence electrons. The van der Waals surface area contributed by atoms with E-state index in [2.05, 4.69) is 11.0 Å². The first kappa shape index (κ1) is 12.3. The van der Waals surface area contributed by atoms with Crippen molar-refractivity contribution in [1.29, 1.82) is 0 Å². The van der Waals surface area contributed by atoms with Gasteiger partial charge in [0.25, 0.3) is 0 Å². The van der Waals surface area contributed by atoms with Crippen LogP contribution in [0.5, 0.6) is 0 Å². The molecule has 18 heavy (non-hydrogen) atoms. The molecule has 0 bridgehead atoms. The Balaban J connectivity index is 1.62. The Labute approximate surface area is 110 Å². The molecule has 2 aliphatic rings. The van der Waals surface area contributed by atoms with E-state index in [1.165, 1.54) is 57.9 Å². The number of hydrogen-bond acceptors (Lipinski definition) is 2. The van der Waals surface area contributed by atoms with Crippen molar-refractivity contribution in [2.45, 2.75) is 64.0 Å². The zero-order valence-electron chi connectivity index (χ0n) is 11.3. The van der Waals surface area contributed by atoms with Crippen molar-refractivity contribution in [2.75, 3.05) is 6.54 Å². The van der Waals surface area contributed by atoms with Gasteiger partial charge in [0.2, 0.25) is 0 Å². The maximum atomic E-state index is 5.55. The largest absolute Gasteiger partial charge is 0.468 e. The first-order chi connectivity index (χ1) is 8.92. The highest BCUT2D eigenvalue weighted by molar-refractivity contribution is 4.99. The lowest BCUT2D eigenvalue weighted by molar-refractivity contribution is 0.149. The zero-order valence-corrected chi connectivity index (χ0v) is 11.3. The molecule has 2 fully saturated rings. The van der Waals surface area contributed by atoms with Gasteiger partial charge < -0.3 is 4.42 Å². The molecule has 3 rings (SSSR count). The van der Waals surface area contributed by atoms with E-state index in [9.17, 15) is 0 Å². The monoisotopic (exact) mass is 247 g/mol. The second-order valence-electron chi connectivity index (χ2n) is 6.10. The molecule has 0 atom stereocenters. The molecule has 0 aromatic carbocycles. The summed E-state index contributed by atoms with van der Waals surface area (Å²) in [5.41, 5.74) is 0. The molecule has 2 nitrogen and oxygen atoms in total. The lowest BCUT2D eigenvalue weighted by atomic mass is 10.1. The van der Waals surface area contributed by atoms with Gasteiger partial charge in [0.1, 0.15) is 5.76 Å². The van der Waals surface area contributed by atoms with Gasteiger partial charge in [-0.3, -0.25) is 4.90 Å². The molecule has 0 unspecified atom stereocenters. The first-order valence-electron chi connectivity index (χ1n) is 7.68. The Kier molecular flexibility index (Phi) is 4.04. The molecule has 0 N–H and O–H groups in total. The van der Waals surface area contributed by atoms with Crippen molar-refractivity contribution in [3.05, 3.63) is 24.2 Å². The Morgan fingerprint density at radius 2 is 1.78 bits per heavy atom. The van der Waals surface area contributed by atoms with Gasteiger partial charge in [-0.15, -0.1) is 0 Å². The molecule has 1 aromatic heterocycles. The summed E-state index contributed by atoms with van der Waals surface area (Å²) >= 11 is 0. The topological polar surface area (TPSA) is 16.4 Å². The molecule has 2 heteroatoms. The van der Waals surface area contributed by atoms with Gasteiger partial charge >= 0.3 is 0 Å². The van der Waals surface area contributed by atoms with Crippen LogP contribution in [0.25, 0.3) is 0 Å². The summed E-state index contributed by atoms with van der Waals surface area (Å²) in [6.07, 6.45) is 13.2. The minimum absolute atomic E-state index is 0.815. The number of furan rings is 1. The Hall–Kier alpha value is -0.760. The molecule has 2 saturated carbocycles. The standard InChI is InChI=1S/C16H25NO/c1-2-7-14(6-1)12-17(15-8-3-4-9-15)13-16-10-5-11-18-16/h5,10-11,14-15H,1-4,6-9,12-13H2. The third-order valence-corrected chi connectivity index (χ3v) is 4.75. The summed E-state index contributed by atoms with van der Waals surface area (Å²) in [5.74, 6) is 2.08. The smallest absolute Gasteiger partial charge is 0.117 e. The van der Waals surface area contributed by atoms with Crippen molar-refractivity contribution in [3.8, 4) is 0 Å². The van der Waals surface area contributed by atoms with Crippen LogP contribution in [0.1, 0.15) is 57.1 Å². The summed E-state index contributed by atoms with van der Waals surface area (Å²) in [6, 6.07) is 4.95. The van der Waals surface area contributed by atoms with Crippen LogP contribution in [-0.2, 0) is 6.54 Å². The quantitative estimate of drug-likeness (QED) is 0.774. The average Bonchev–Trinajstić information content (AvgIpc) is 3.13. The van der Waals surface area contributed by atoms with Crippen molar-refractivity contribution in [3.63, 3.8) is 0 Å². The van der Waals surface area contributed by atoms with Gasteiger partial charge in [-0.05, 0) is 43.7 Å². The molecule has 0 aliphatic heterocycles. The van der Waals surface area contributed by atoms with Crippen LogP contribution < -0.4 is 0 Å². The molecule has 0 saturated heterocycles. The summed E-state index contributed by atoms with van der Waals surface area (Å²) in [5, 5.41) is 0. The minimum Gasteiger partial charge on any atom is -0.468 e. The number of nitrogens with zero attached hydrogens (tertiary/aromatic N) is 1. The third-order valence-electron chi connectivity index (χ3n) is 4.75. The molecular weight excluding hydrogens is 222 g/mol. The van der Waals surface area contributed by atoms with Crippen molar-refractivity contribution < 1.29 is 4.42 Å². The summed E-state index contributed by atoms with van der Waals surface area (Å²) in [7, 11) is 0. The molecule has 1 aromatic rings. The fraction of sp³-hybridized carbons (Fsp3) is 0.750. The number of rotatable bonds is 5. The molecule has 2 aliphatic carbocycles. The van der Waals surface area contributed by atoms with E-state index in [1.807, 2.05) is 6.07 Å². The maximum absolute atomic E-state index is 5.55. The van der Waals surface area contributed by atoms with Gasteiger partial charge in [0, 0.05) is 12.6 Å². The van der Waals surface area contributed by atoms with Gasteiger partial charge in [-0.25, -0.2) is 0 Å². The summed E-state index contributed by atoms with van der Waals surface area (Å²) < 4.78 is 5.55. The van der Waals surface area contributed by atoms with Gasteiger partial charge in [-0.1, -0.05) is 25.7 Å².